The van der Waals surface area contributed by atoms with E-state index in [2.05, 4.69) is 47.5 Å². The van der Waals surface area contributed by atoms with Crippen LogP contribution in [0.4, 0.5) is 0 Å². The van der Waals surface area contributed by atoms with Gasteiger partial charge in [0.05, 0.1) is 0 Å². The van der Waals surface area contributed by atoms with Crippen LogP contribution in [0.1, 0.15) is 0 Å². The predicted molar refractivity (Wildman–Crippen MR) is 17.5 cm³/mol. The van der Waals surface area contributed by atoms with Crippen molar-refractivity contribution in [2.75, 3.05) is 0 Å². The monoisotopic (exact) mass is 276 g/mol. The van der Waals surface area contributed by atoms with Crippen molar-refractivity contribution in [2.45, 2.75) is 0 Å². The van der Waals surface area contributed by atoms with Gasteiger partial charge >= 0.3 is 60.6 Å². The number of halogens is 2. The van der Waals surface area contributed by atoms with E-state index in [1.165, 1.54) is 0 Å². The molecule has 0 aliphatic rings. The van der Waals surface area contributed by atoms with E-state index in [4.69, 9.17) is 0 Å². The summed E-state index contributed by atoms with van der Waals surface area (Å²) in [5, 5.41) is 0. The van der Waals surface area contributed by atoms with Gasteiger partial charge in [-0.25, -0.2) is 0 Å². The Morgan fingerprint density at radius 3 is 1.40 bits per heavy atom. The van der Waals surface area contributed by atoms with Crippen LogP contribution in [0.15, 0.2) is 0 Å². The normalized spacial score (nSPS) is 5.60. The molecular formula is Cl2Cu2Se. The molecule has 0 fully saturated rings. The second-order valence-corrected chi connectivity index (χ2v) is 1.60. The summed E-state index contributed by atoms with van der Waals surface area (Å²) in [5.74, 6) is 0. The van der Waals surface area contributed by atoms with E-state index in [9.17, 15) is 0 Å². The summed E-state index contributed by atoms with van der Waals surface area (Å²) in [4.78, 5) is 0. The third kappa shape index (κ3) is 23.0. The van der Waals surface area contributed by atoms with Gasteiger partial charge in [0.25, 0.3) is 0 Å². The molecule has 0 aromatic heterocycles. The van der Waals surface area contributed by atoms with Crippen molar-refractivity contribution in [1.82, 2.24) is 0 Å². The summed E-state index contributed by atoms with van der Waals surface area (Å²) in [6.07, 6.45) is 0. The van der Waals surface area contributed by atoms with Crippen LogP contribution >= 0.6 is 20.2 Å². The van der Waals surface area contributed by atoms with Crippen LogP contribution in [-0.4, -0.2) is 13.7 Å². The molecule has 0 aromatic rings. The molecule has 0 unspecified atom stereocenters. The van der Waals surface area contributed by atoms with E-state index in [-0.39, 0.29) is 0 Å². The Balaban J connectivity index is 0. The SMILES string of the molecule is [Cl][Cu][Cl].[Cu]=[Se]. The van der Waals surface area contributed by atoms with Gasteiger partial charge in [-0.05, 0) is 0 Å². The van der Waals surface area contributed by atoms with E-state index >= 15 is 0 Å². The van der Waals surface area contributed by atoms with E-state index in [1.807, 2.05) is 0 Å². The van der Waals surface area contributed by atoms with Gasteiger partial charge < -0.3 is 0 Å². The van der Waals surface area contributed by atoms with Gasteiger partial charge in [0.2, 0.25) is 0 Å². The molecule has 5 heteroatoms. The maximum atomic E-state index is 4.67. The fourth-order valence-electron chi connectivity index (χ4n) is 0. The molecule has 0 aromatic carbocycles. The summed E-state index contributed by atoms with van der Waals surface area (Å²) in [5.41, 5.74) is 0. The van der Waals surface area contributed by atoms with Crippen molar-refractivity contribution < 1.29 is 26.8 Å². The van der Waals surface area contributed by atoms with Gasteiger partial charge in [0.15, 0.2) is 0 Å². The van der Waals surface area contributed by atoms with Gasteiger partial charge in [-0.2, -0.15) is 0 Å². The molecule has 0 nitrogen and oxygen atoms in total. The quantitative estimate of drug-likeness (QED) is 0.579. The first kappa shape index (κ1) is 10.2. The Kier molecular flexibility index (Phi) is 33.5. The first-order valence-corrected chi connectivity index (χ1v) is 5.46. The van der Waals surface area contributed by atoms with Gasteiger partial charge in [0, 0.05) is 0 Å². The van der Waals surface area contributed by atoms with E-state index in [1.54, 1.807) is 0 Å². The van der Waals surface area contributed by atoms with Gasteiger partial charge in [-0.15, -0.1) is 0 Å². The molecule has 0 rings (SSSR count). The van der Waals surface area contributed by atoms with Crippen molar-refractivity contribution >= 4 is 33.8 Å². The maximum absolute atomic E-state index is 4.67. The molecule has 0 atom stereocenters. The van der Waals surface area contributed by atoms with Crippen LogP contribution in [0.3, 0.4) is 0 Å². The molecule has 42 valence electrons. The van der Waals surface area contributed by atoms with Gasteiger partial charge in [0.1, 0.15) is 0 Å². The van der Waals surface area contributed by atoms with Crippen LogP contribution in [-0.2, 0) is 26.8 Å². The minimum atomic E-state index is 0.757. The van der Waals surface area contributed by atoms with Crippen LogP contribution in [0, 0.1) is 0 Å². The second kappa shape index (κ2) is 16.5. The Hall–Kier alpha value is 2.14. The molecule has 0 amide bonds. The summed E-state index contributed by atoms with van der Waals surface area (Å²) < 4.78 is 0. The first-order valence-electron chi connectivity index (χ1n) is 0.351. The molecule has 0 saturated carbocycles. The molecular weight excluding hydrogens is 277 g/mol. The fraction of sp³-hybridized carbons (Fsp3) is 0. The van der Waals surface area contributed by atoms with Crippen LogP contribution in [0.25, 0.3) is 0 Å². The third-order valence-electron chi connectivity index (χ3n) is 0. The summed E-state index contributed by atoms with van der Waals surface area (Å²) in [7, 11) is 9.34. The Bertz CT molecular complexity index is 11.6. The Morgan fingerprint density at radius 1 is 1.40 bits per heavy atom. The zero-order chi connectivity index (χ0) is 4.71. The predicted octanol–water partition coefficient (Wildman–Crippen LogP) is 0.993. The Morgan fingerprint density at radius 2 is 1.40 bits per heavy atom. The average Bonchev–Trinajstić information content (AvgIpc) is 1.46. The molecule has 0 aliphatic carbocycles. The fourth-order valence-corrected chi connectivity index (χ4v) is 0. The second-order valence-electron chi connectivity index (χ2n) is 0.0431. The number of rotatable bonds is 0. The first-order chi connectivity index (χ1) is 2.41. The van der Waals surface area contributed by atoms with E-state index in [0.717, 1.165) is 13.1 Å². The van der Waals surface area contributed by atoms with Crippen molar-refractivity contribution in [2.24, 2.45) is 0 Å². The average molecular weight is 277 g/mol. The van der Waals surface area contributed by atoms with Gasteiger partial charge in [-0.1, -0.05) is 0 Å². The van der Waals surface area contributed by atoms with Crippen LogP contribution in [0.2, 0.25) is 0 Å². The number of hydrogen-bond donors (Lipinski definition) is 0. The summed E-state index contributed by atoms with van der Waals surface area (Å²) in [6, 6.07) is 0. The van der Waals surface area contributed by atoms with Crippen molar-refractivity contribution in [3.8, 4) is 0 Å². The molecule has 5 heavy (non-hydrogen) atoms. The molecule has 0 radical (unpaired) electrons. The van der Waals surface area contributed by atoms with Crippen LogP contribution < -0.4 is 0 Å². The summed E-state index contributed by atoms with van der Waals surface area (Å²) in [6.45, 7) is 0. The Labute approximate surface area is 60.1 Å². The van der Waals surface area contributed by atoms with E-state index in [0.29, 0.717) is 0 Å². The minimum absolute atomic E-state index is 0.757. The molecule has 0 bridgehead atoms. The third-order valence-corrected chi connectivity index (χ3v) is 0. The standard InChI is InChI=1S/2ClH.2Cu.Se/h2*1H;;;/q;;;+2;/p-2. The zero-order valence-corrected chi connectivity index (χ0v) is 6.88. The van der Waals surface area contributed by atoms with E-state index < -0.39 is 0 Å². The molecule has 0 saturated heterocycles. The molecule has 0 heterocycles. The van der Waals surface area contributed by atoms with Crippen molar-refractivity contribution in [3.05, 3.63) is 0 Å². The number of hydrogen-bond acceptors (Lipinski definition) is 0. The molecule has 0 N–H and O–H groups in total. The molecule has 0 aliphatic heterocycles. The van der Waals surface area contributed by atoms with Crippen molar-refractivity contribution in [1.29, 1.82) is 0 Å². The van der Waals surface area contributed by atoms with Crippen molar-refractivity contribution in [3.63, 3.8) is 0 Å². The van der Waals surface area contributed by atoms with Gasteiger partial charge in [-0.3, -0.25) is 0 Å². The molecule has 0 spiro atoms. The summed E-state index contributed by atoms with van der Waals surface area (Å²) >= 11 is 7.01. The van der Waals surface area contributed by atoms with Crippen LogP contribution in [0.5, 0.6) is 0 Å². The zero-order valence-electron chi connectivity index (χ0n) is 1.77. The topological polar surface area (TPSA) is 0 Å².